The summed E-state index contributed by atoms with van der Waals surface area (Å²) in [6.45, 7) is 1.57. The molecule has 1 unspecified atom stereocenters. The lowest BCUT2D eigenvalue weighted by Crippen LogP contribution is -2.48. The Morgan fingerprint density at radius 2 is 1.96 bits per heavy atom. The van der Waals surface area contributed by atoms with E-state index in [0.29, 0.717) is 23.5 Å². The van der Waals surface area contributed by atoms with E-state index in [0.717, 1.165) is 11.1 Å². The maximum absolute atomic E-state index is 12.7. The number of rotatable bonds is 4. The Morgan fingerprint density at radius 1 is 1.25 bits per heavy atom. The van der Waals surface area contributed by atoms with Gasteiger partial charge in [0.1, 0.15) is 12.3 Å². The molecule has 1 amide bonds. The van der Waals surface area contributed by atoms with Crippen molar-refractivity contribution in [3.05, 3.63) is 53.6 Å². The fraction of sp³-hybridized carbons (Fsp3) is 0.222. The monoisotopic (exact) mass is 326 g/mol. The molecule has 3 N–H and O–H groups in total. The van der Waals surface area contributed by atoms with E-state index in [9.17, 15) is 9.59 Å². The van der Waals surface area contributed by atoms with Crippen molar-refractivity contribution < 1.29 is 19.4 Å². The number of carboxylic acid groups (broad SMARTS) is 1. The Hall–Kier alpha value is -3.02. The molecule has 0 aliphatic carbocycles. The van der Waals surface area contributed by atoms with Gasteiger partial charge in [0, 0.05) is 18.2 Å². The Morgan fingerprint density at radius 3 is 2.62 bits per heavy atom. The van der Waals surface area contributed by atoms with Crippen LogP contribution in [0.5, 0.6) is 5.75 Å². The van der Waals surface area contributed by atoms with Gasteiger partial charge in [0.05, 0.1) is 5.69 Å². The van der Waals surface area contributed by atoms with Crippen molar-refractivity contribution in [2.75, 3.05) is 17.2 Å². The summed E-state index contributed by atoms with van der Waals surface area (Å²) in [5.41, 5.74) is 8.77. The smallest absolute Gasteiger partial charge is 0.323 e. The van der Waals surface area contributed by atoms with E-state index in [1.54, 1.807) is 18.2 Å². The summed E-state index contributed by atoms with van der Waals surface area (Å²) in [4.78, 5) is 25.1. The predicted molar refractivity (Wildman–Crippen MR) is 90.1 cm³/mol. The van der Waals surface area contributed by atoms with Crippen molar-refractivity contribution in [3.63, 3.8) is 0 Å². The predicted octanol–water partition coefficient (Wildman–Crippen LogP) is 2.00. The number of hydrogen-bond donors (Lipinski definition) is 2. The SMILES string of the molecule is Cc1ccc(CC2Oc3cc(N)ccc3N(CC(=O)O)C2=O)cc1. The molecule has 0 spiro atoms. The van der Waals surface area contributed by atoms with Crippen molar-refractivity contribution in [1.29, 1.82) is 0 Å². The van der Waals surface area contributed by atoms with Gasteiger partial charge in [-0.25, -0.2) is 0 Å². The third-order valence-electron chi connectivity index (χ3n) is 3.92. The zero-order chi connectivity index (χ0) is 17.3. The average molecular weight is 326 g/mol. The van der Waals surface area contributed by atoms with Gasteiger partial charge >= 0.3 is 5.97 Å². The first-order valence-corrected chi connectivity index (χ1v) is 7.59. The number of benzene rings is 2. The van der Waals surface area contributed by atoms with Crippen LogP contribution in [0.4, 0.5) is 11.4 Å². The molecule has 6 heteroatoms. The number of nitrogens with zero attached hydrogens (tertiary/aromatic N) is 1. The Kier molecular flexibility index (Phi) is 4.12. The fourth-order valence-corrected chi connectivity index (χ4v) is 2.71. The van der Waals surface area contributed by atoms with Crippen LogP contribution in [0, 0.1) is 6.92 Å². The van der Waals surface area contributed by atoms with Crippen LogP contribution in [-0.4, -0.2) is 29.6 Å². The molecule has 0 fully saturated rings. The van der Waals surface area contributed by atoms with Gasteiger partial charge in [0.2, 0.25) is 0 Å². The minimum Gasteiger partial charge on any atom is -0.480 e. The van der Waals surface area contributed by atoms with Gasteiger partial charge in [-0.15, -0.1) is 0 Å². The van der Waals surface area contributed by atoms with Crippen LogP contribution in [0.15, 0.2) is 42.5 Å². The molecule has 0 aromatic heterocycles. The van der Waals surface area contributed by atoms with Gasteiger partial charge in [-0.3, -0.25) is 14.5 Å². The van der Waals surface area contributed by atoms with E-state index >= 15 is 0 Å². The minimum atomic E-state index is -1.08. The van der Waals surface area contributed by atoms with Gasteiger partial charge in [-0.05, 0) is 24.6 Å². The van der Waals surface area contributed by atoms with Gasteiger partial charge in [-0.2, -0.15) is 0 Å². The third kappa shape index (κ3) is 3.17. The number of amides is 1. The lowest BCUT2D eigenvalue weighted by Gasteiger charge is -2.33. The first-order valence-electron chi connectivity index (χ1n) is 7.59. The lowest BCUT2D eigenvalue weighted by molar-refractivity contribution is -0.137. The molecule has 0 bridgehead atoms. The van der Waals surface area contributed by atoms with Crippen molar-refractivity contribution in [1.82, 2.24) is 0 Å². The highest BCUT2D eigenvalue weighted by Crippen LogP contribution is 2.36. The molecule has 124 valence electrons. The largest absolute Gasteiger partial charge is 0.480 e. The van der Waals surface area contributed by atoms with E-state index in [1.165, 1.54) is 4.90 Å². The molecule has 6 nitrogen and oxygen atoms in total. The summed E-state index contributed by atoms with van der Waals surface area (Å²) >= 11 is 0. The van der Waals surface area contributed by atoms with E-state index < -0.39 is 18.6 Å². The summed E-state index contributed by atoms with van der Waals surface area (Å²) in [6, 6.07) is 12.6. The van der Waals surface area contributed by atoms with Crippen molar-refractivity contribution in [2.45, 2.75) is 19.4 Å². The second-order valence-electron chi connectivity index (χ2n) is 5.84. The second-order valence-corrected chi connectivity index (χ2v) is 5.84. The molecule has 0 saturated heterocycles. The number of carboxylic acids is 1. The highest BCUT2D eigenvalue weighted by Gasteiger charge is 2.35. The van der Waals surface area contributed by atoms with Crippen LogP contribution in [0.1, 0.15) is 11.1 Å². The Labute approximate surface area is 139 Å². The van der Waals surface area contributed by atoms with Crippen molar-refractivity contribution in [3.8, 4) is 5.75 Å². The highest BCUT2D eigenvalue weighted by molar-refractivity contribution is 6.03. The first-order chi connectivity index (χ1) is 11.4. The van der Waals surface area contributed by atoms with Crippen LogP contribution in [0.3, 0.4) is 0 Å². The number of nitrogens with two attached hydrogens (primary N) is 1. The summed E-state index contributed by atoms with van der Waals surface area (Å²) in [7, 11) is 0. The number of hydrogen-bond acceptors (Lipinski definition) is 4. The van der Waals surface area contributed by atoms with Crippen LogP contribution in [-0.2, 0) is 16.0 Å². The standard InChI is InChI=1S/C18H18N2O4/c1-11-2-4-12(5-3-11)8-16-18(23)20(10-17(21)22)14-7-6-13(19)9-15(14)24-16/h2-7,9,16H,8,10,19H2,1H3,(H,21,22). The van der Waals surface area contributed by atoms with Crippen molar-refractivity contribution >= 4 is 23.3 Å². The van der Waals surface area contributed by atoms with Crippen LogP contribution in [0.2, 0.25) is 0 Å². The van der Waals surface area contributed by atoms with Crippen LogP contribution < -0.4 is 15.4 Å². The highest BCUT2D eigenvalue weighted by atomic mass is 16.5. The third-order valence-corrected chi connectivity index (χ3v) is 3.92. The van der Waals surface area contributed by atoms with Crippen LogP contribution >= 0.6 is 0 Å². The van der Waals surface area contributed by atoms with Crippen molar-refractivity contribution in [2.24, 2.45) is 0 Å². The van der Waals surface area contributed by atoms with Gasteiger partial charge in [-0.1, -0.05) is 29.8 Å². The molecule has 1 aliphatic heterocycles. The summed E-state index contributed by atoms with van der Waals surface area (Å²) in [5, 5.41) is 9.11. The molecule has 2 aromatic rings. The topological polar surface area (TPSA) is 92.9 Å². The van der Waals surface area contributed by atoms with E-state index in [-0.39, 0.29) is 5.91 Å². The molecular formula is C18H18N2O4. The molecule has 0 radical (unpaired) electrons. The number of carbonyl (C=O) groups excluding carboxylic acids is 1. The number of ether oxygens (including phenoxy) is 1. The zero-order valence-electron chi connectivity index (χ0n) is 13.2. The number of fused-ring (bicyclic) bond motifs is 1. The number of aryl methyl sites for hydroxylation is 1. The summed E-state index contributed by atoms with van der Waals surface area (Å²) in [5.74, 6) is -1.02. The van der Waals surface area contributed by atoms with E-state index in [4.69, 9.17) is 15.6 Å². The lowest BCUT2D eigenvalue weighted by atomic mass is 10.0. The number of anilines is 2. The van der Waals surface area contributed by atoms with E-state index in [2.05, 4.69) is 0 Å². The minimum absolute atomic E-state index is 0.365. The normalized spacial score (nSPS) is 16.5. The molecule has 24 heavy (non-hydrogen) atoms. The zero-order valence-corrected chi connectivity index (χ0v) is 13.2. The summed E-state index contributed by atoms with van der Waals surface area (Å²) in [6.07, 6.45) is -0.412. The van der Waals surface area contributed by atoms with Gasteiger partial charge in [0.25, 0.3) is 5.91 Å². The average Bonchev–Trinajstić information content (AvgIpc) is 2.53. The number of nitrogen functional groups attached to an aromatic ring is 1. The number of carbonyl (C=O) groups is 2. The van der Waals surface area contributed by atoms with Gasteiger partial charge < -0.3 is 15.6 Å². The molecular weight excluding hydrogens is 308 g/mol. The first kappa shape index (κ1) is 15.9. The van der Waals surface area contributed by atoms with E-state index in [1.807, 2.05) is 31.2 Å². The Balaban J connectivity index is 1.92. The fourth-order valence-electron chi connectivity index (χ4n) is 2.71. The molecule has 1 heterocycles. The summed E-state index contributed by atoms with van der Waals surface area (Å²) < 4.78 is 5.81. The molecule has 1 aliphatic rings. The molecule has 3 rings (SSSR count). The maximum atomic E-state index is 12.7. The second kappa shape index (κ2) is 6.23. The Bertz CT molecular complexity index is 786. The van der Waals surface area contributed by atoms with Crippen LogP contribution in [0.25, 0.3) is 0 Å². The van der Waals surface area contributed by atoms with Gasteiger partial charge in [0.15, 0.2) is 6.10 Å². The number of aliphatic carboxylic acids is 1. The molecule has 2 aromatic carbocycles. The molecule has 1 atom stereocenters. The quantitative estimate of drug-likeness (QED) is 0.838. The molecule has 0 saturated carbocycles. The maximum Gasteiger partial charge on any atom is 0.323 e.